The highest BCUT2D eigenvalue weighted by molar-refractivity contribution is 7.89. The van der Waals surface area contributed by atoms with Gasteiger partial charge in [-0.2, -0.15) is 5.10 Å². The number of halogens is 1. The molecule has 3 aromatic rings. The summed E-state index contributed by atoms with van der Waals surface area (Å²) in [6.45, 7) is 0.910. The Morgan fingerprint density at radius 3 is 2.52 bits per heavy atom. The van der Waals surface area contributed by atoms with Gasteiger partial charge in [0.1, 0.15) is 5.52 Å². The van der Waals surface area contributed by atoms with Gasteiger partial charge in [0, 0.05) is 36.0 Å². The number of nitrogens with two attached hydrogens (primary N) is 1. The van der Waals surface area contributed by atoms with Crippen LogP contribution in [0.2, 0.25) is 0 Å². The Morgan fingerprint density at radius 2 is 1.87 bits per heavy atom. The number of carbonyl (C=O) groups is 1. The molecule has 164 valence electrons. The van der Waals surface area contributed by atoms with E-state index < -0.39 is 15.9 Å². The molecule has 4 rings (SSSR count). The predicted molar refractivity (Wildman–Crippen MR) is 123 cm³/mol. The number of rotatable bonds is 7. The van der Waals surface area contributed by atoms with Gasteiger partial charge in [0.25, 0.3) is 5.91 Å². The summed E-state index contributed by atoms with van der Waals surface area (Å²) < 4.78 is 26.5. The van der Waals surface area contributed by atoms with E-state index in [1.165, 1.54) is 0 Å². The second kappa shape index (κ2) is 8.98. The van der Waals surface area contributed by atoms with Crippen molar-refractivity contribution in [2.45, 2.75) is 25.2 Å². The maximum Gasteiger partial charge on any atom is 0.251 e. The molecule has 9 heteroatoms. The van der Waals surface area contributed by atoms with Crippen molar-refractivity contribution in [3.8, 4) is 11.1 Å². The van der Waals surface area contributed by atoms with Crippen molar-refractivity contribution in [3.05, 3.63) is 53.7 Å². The van der Waals surface area contributed by atoms with Crippen molar-refractivity contribution in [1.29, 1.82) is 0 Å². The summed E-state index contributed by atoms with van der Waals surface area (Å²) in [5.41, 5.74) is 9.38. The van der Waals surface area contributed by atoms with Crippen molar-refractivity contribution < 1.29 is 13.2 Å². The molecule has 2 heterocycles. The van der Waals surface area contributed by atoms with Crippen LogP contribution in [0.5, 0.6) is 0 Å². The van der Waals surface area contributed by atoms with Crippen LogP contribution in [0, 0.1) is 0 Å². The molecular formula is C22H25ClN4O3S. The van der Waals surface area contributed by atoms with Crippen molar-refractivity contribution in [1.82, 2.24) is 14.5 Å². The number of fused-ring (bicyclic) bond motifs is 1. The number of aromatic amines is 1. The summed E-state index contributed by atoms with van der Waals surface area (Å²) in [4.78, 5) is 12.1. The van der Waals surface area contributed by atoms with Crippen molar-refractivity contribution in [2.75, 3.05) is 24.7 Å². The van der Waals surface area contributed by atoms with Gasteiger partial charge in [-0.15, -0.1) is 11.6 Å². The summed E-state index contributed by atoms with van der Waals surface area (Å²) in [5.74, 6) is 0.00970. The molecule has 0 aliphatic carbocycles. The Balaban J connectivity index is 1.65. The van der Waals surface area contributed by atoms with E-state index in [1.54, 1.807) is 10.4 Å². The molecule has 0 unspecified atom stereocenters. The zero-order valence-electron chi connectivity index (χ0n) is 17.1. The minimum absolute atomic E-state index is 0.0799. The molecule has 0 bridgehead atoms. The minimum atomic E-state index is -3.28. The lowest BCUT2D eigenvalue weighted by atomic mass is 9.90. The van der Waals surface area contributed by atoms with E-state index >= 15 is 0 Å². The Labute approximate surface area is 186 Å². The van der Waals surface area contributed by atoms with Gasteiger partial charge >= 0.3 is 0 Å². The number of sulfonamides is 1. The first-order valence-electron chi connectivity index (χ1n) is 10.3. The summed E-state index contributed by atoms with van der Waals surface area (Å²) in [6, 6.07) is 13.6. The van der Waals surface area contributed by atoms with Gasteiger partial charge in [-0.1, -0.05) is 30.3 Å². The normalized spacial score (nSPS) is 16.0. The molecule has 0 saturated carbocycles. The van der Waals surface area contributed by atoms with Gasteiger partial charge < -0.3 is 5.73 Å². The average molecular weight is 461 g/mol. The minimum Gasteiger partial charge on any atom is -0.366 e. The smallest absolute Gasteiger partial charge is 0.251 e. The quantitative estimate of drug-likeness (QED) is 0.526. The molecule has 1 aliphatic rings. The summed E-state index contributed by atoms with van der Waals surface area (Å²) in [5, 5.41) is 8.35. The Morgan fingerprint density at radius 1 is 1.16 bits per heavy atom. The van der Waals surface area contributed by atoms with E-state index in [2.05, 4.69) is 10.2 Å². The first-order chi connectivity index (χ1) is 14.9. The van der Waals surface area contributed by atoms with Crippen LogP contribution in [0.4, 0.5) is 0 Å². The zero-order valence-corrected chi connectivity index (χ0v) is 18.6. The maximum absolute atomic E-state index is 12.5. The molecule has 0 spiro atoms. The number of nitrogens with one attached hydrogen (secondary N) is 1. The third kappa shape index (κ3) is 4.46. The van der Waals surface area contributed by atoms with Crippen LogP contribution >= 0.6 is 11.6 Å². The van der Waals surface area contributed by atoms with Gasteiger partial charge in [0.05, 0.1) is 11.3 Å². The van der Waals surface area contributed by atoms with E-state index in [-0.39, 0.29) is 11.7 Å². The third-order valence-electron chi connectivity index (χ3n) is 5.85. The van der Waals surface area contributed by atoms with Gasteiger partial charge in [0.15, 0.2) is 0 Å². The number of benzene rings is 2. The summed E-state index contributed by atoms with van der Waals surface area (Å²) in [6.07, 6.45) is 1.81. The van der Waals surface area contributed by atoms with Crippen molar-refractivity contribution in [2.24, 2.45) is 5.73 Å². The number of primary amides is 1. The van der Waals surface area contributed by atoms with Crippen LogP contribution in [0.1, 0.15) is 41.2 Å². The number of amides is 1. The molecule has 0 radical (unpaired) electrons. The largest absolute Gasteiger partial charge is 0.366 e. The number of alkyl halides is 1. The fraction of sp³-hybridized carbons (Fsp3) is 0.364. The van der Waals surface area contributed by atoms with Crippen LogP contribution in [-0.4, -0.2) is 53.5 Å². The topological polar surface area (TPSA) is 109 Å². The first kappa shape index (κ1) is 21.8. The van der Waals surface area contributed by atoms with Gasteiger partial charge in [-0.3, -0.25) is 9.89 Å². The lowest BCUT2D eigenvalue weighted by molar-refractivity contribution is 0.100. The molecule has 1 amide bonds. The summed E-state index contributed by atoms with van der Waals surface area (Å²) >= 11 is 5.66. The van der Waals surface area contributed by atoms with E-state index in [4.69, 9.17) is 17.3 Å². The lowest BCUT2D eigenvalue weighted by Crippen LogP contribution is -2.39. The van der Waals surface area contributed by atoms with E-state index in [0.29, 0.717) is 49.3 Å². The number of H-pyrrole nitrogens is 1. The van der Waals surface area contributed by atoms with Crippen LogP contribution in [0.25, 0.3) is 22.0 Å². The fourth-order valence-electron chi connectivity index (χ4n) is 4.22. The van der Waals surface area contributed by atoms with E-state index in [9.17, 15) is 13.2 Å². The van der Waals surface area contributed by atoms with E-state index in [1.807, 2.05) is 36.4 Å². The van der Waals surface area contributed by atoms with Gasteiger partial charge in [0.2, 0.25) is 10.0 Å². The van der Waals surface area contributed by atoms with Gasteiger partial charge in [-0.25, -0.2) is 12.7 Å². The SMILES string of the molecule is NC(=O)c1cc(-c2ccccc2)cc2c(C3CCN(S(=O)(=O)CCCCl)CC3)[nH]nc12. The standard InChI is InChI=1S/C22H25ClN4O3S/c23-9-4-12-31(29,30)27-10-7-16(8-11-27)20-18-13-17(15-5-2-1-3-6-15)14-19(22(24)28)21(18)26-25-20/h1-3,5-6,13-14,16H,4,7-12H2,(H2,24,28)(H,25,26). The molecule has 2 aromatic carbocycles. The molecule has 1 aliphatic heterocycles. The molecule has 1 aromatic heterocycles. The monoisotopic (exact) mass is 460 g/mol. The maximum atomic E-state index is 12.5. The highest BCUT2D eigenvalue weighted by Crippen LogP contribution is 2.35. The number of aromatic nitrogens is 2. The number of piperidine rings is 1. The Hall–Kier alpha value is -2.42. The second-order valence-electron chi connectivity index (χ2n) is 7.82. The van der Waals surface area contributed by atoms with Crippen LogP contribution < -0.4 is 5.73 Å². The molecular weight excluding hydrogens is 436 g/mol. The highest BCUT2D eigenvalue weighted by atomic mass is 35.5. The summed E-state index contributed by atoms with van der Waals surface area (Å²) in [7, 11) is -3.28. The lowest BCUT2D eigenvalue weighted by Gasteiger charge is -2.30. The van der Waals surface area contributed by atoms with Crippen LogP contribution in [0.3, 0.4) is 0 Å². The number of nitrogens with zero attached hydrogens (tertiary/aromatic N) is 2. The predicted octanol–water partition coefficient (Wildman–Crippen LogP) is 3.47. The molecule has 7 nitrogen and oxygen atoms in total. The number of hydrogen-bond donors (Lipinski definition) is 2. The number of carbonyl (C=O) groups excluding carboxylic acids is 1. The molecule has 1 fully saturated rings. The molecule has 31 heavy (non-hydrogen) atoms. The zero-order chi connectivity index (χ0) is 22.0. The van der Waals surface area contributed by atoms with E-state index in [0.717, 1.165) is 22.2 Å². The fourth-order valence-corrected chi connectivity index (χ4v) is 6.05. The first-order valence-corrected chi connectivity index (χ1v) is 12.5. The molecule has 1 saturated heterocycles. The highest BCUT2D eigenvalue weighted by Gasteiger charge is 2.30. The Kier molecular flexibility index (Phi) is 6.31. The number of hydrogen-bond acceptors (Lipinski definition) is 4. The third-order valence-corrected chi connectivity index (χ3v) is 8.08. The van der Waals surface area contributed by atoms with Crippen molar-refractivity contribution in [3.63, 3.8) is 0 Å². The Bertz CT molecular complexity index is 1190. The van der Waals surface area contributed by atoms with Gasteiger partial charge in [-0.05, 0) is 42.5 Å². The average Bonchev–Trinajstić information content (AvgIpc) is 3.21. The molecule has 3 N–H and O–H groups in total. The van der Waals surface area contributed by atoms with Crippen molar-refractivity contribution >= 4 is 38.4 Å². The molecule has 0 atom stereocenters. The van der Waals surface area contributed by atoms with Crippen LogP contribution in [-0.2, 0) is 10.0 Å². The second-order valence-corrected chi connectivity index (χ2v) is 10.3. The van der Waals surface area contributed by atoms with Crippen LogP contribution in [0.15, 0.2) is 42.5 Å².